The number of esters is 1. The van der Waals surface area contributed by atoms with E-state index in [-0.39, 0.29) is 22.2 Å². The Hall–Kier alpha value is -2.14. The van der Waals surface area contributed by atoms with Gasteiger partial charge in [0, 0.05) is 5.56 Å². The highest BCUT2D eigenvalue weighted by atomic mass is 32.2. The van der Waals surface area contributed by atoms with Gasteiger partial charge >= 0.3 is 12.1 Å². The number of halogens is 3. The zero-order chi connectivity index (χ0) is 21.8. The molecule has 0 saturated carbocycles. The van der Waals surface area contributed by atoms with Crippen molar-refractivity contribution < 1.29 is 31.7 Å². The molecule has 11 heteroatoms. The summed E-state index contributed by atoms with van der Waals surface area (Å²) in [6.45, 7) is 6.44. The zero-order valence-electron chi connectivity index (χ0n) is 16.1. The maximum absolute atomic E-state index is 14.3. The second-order valence-corrected chi connectivity index (χ2v) is 8.21. The van der Waals surface area contributed by atoms with Gasteiger partial charge in [0.15, 0.2) is 29.1 Å². The first-order valence-electron chi connectivity index (χ1n) is 8.47. The molecule has 1 aromatic rings. The van der Waals surface area contributed by atoms with E-state index in [1.54, 1.807) is 27.7 Å². The van der Waals surface area contributed by atoms with Crippen LogP contribution in [0.15, 0.2) is 34.2 Å². The first-order chi connectivity index (χ1) is 13.6. The molecule has 0 aromatic heterocycles. The van der Waals surface area contributed by atoms with Crippen LogP contribution in [0.2, 0.25) is 0 Å². The maximum Gasteiger partial charge on any atom is 0.428 e. The average Bonchev–Trinajstić information content (AvgIpc) is 2.63. The third-order valence-electron chi connectivity index (χ3n) is 3.34. The van der Waals surface area contributed by atoms with Gasteiger partial charge in [0.05, 0.1) is 11.5 Å². The second kappa shape index (κ2) is 9.57. The largest absolute Gasteiger partial charge is 0.462 e. The number of thioether (sulfide) groups is 1. The van der Waals surface area contributed by atoms with Crippen LogP contribution in [0.25, 0.3) is 0 Å². The van der Waals surface area contributed by atoms with Crippen molar-refractivity contribution in [2.75, 3.05) is 6.61 Å². The molecule has 1 unspecified atom stereocenters. The molecule has 0 aliphatic carbocycles. The van der Waals surface area contributed by atoms with E-state index >= 15 is 0 Å². The lowest BCUT2D eigenvalue weighted by atomic mass is 10.1. The molecule has 29 heavy (non-hydrogen) atoms. The summed E-state index contributed by atoms with van der Waals surface area (Å²) < 4.78 is 52.1. The maximum atomic E-state index is 14.3. The number of hydrogen-bond acceptors (Lipinski definition) is 7. The summed E-state index contributed by atoms with van der Waals surface area (Å²) in [5, 5.41) is -0.272. The van der Waals surface area contributed by atoms with E-state index in [4.69, 9.17) is 9.47 Å². The summed E-state index contributed by atoms with van der Waals surface area (Å²) in [6.07, 6.45) is 0.194. The van der Waals surface area contributed by atoms with Crippen LogP contribution < -0.4 is 0 Å². The number of carbonyl (C=O) groups is 2. The minimum absolute atomic E-state index is 0.0480. The number of amides is 1. The van der Waals surface area contributed by atoms with E-state index in [1.807, 2.05) is 0 Å². The Balaban J connectivity index is 2.47. The molecule has 1 heterocycles. The molecule has 0 fully saturated rings. The van der Waals surface area contributed by atoms with Crippen LogP contribution in [-0.2, 0) is 14.3 Å². The number of hydrogen-bond donors (Lipinski definition) is 0. The first kappa shape index (κ1) is 23.1. The van der Waals surface area contributed by atoms with Crippen LogP contribution in [0.5, 0.6) is 0 Å². The van der Waals surface area contributed by atoms with Crippen molar-refractivity contribution in [2.45, 2.75) is 39.3 Å². The monoisotopic (exact) mass is 448 g/mol. The van der Waals surface area contributed by atoms with Crippen LogP contribution in [-0.4, -0.2) is 33.7 Å². The fraction of sp³-hybridized carbons (Fsp3) is 0.389. The molecule has 0 radical (unpaired) electrons. The Bertz CT molecular complexity index is 856. The molecule has 0 N–H and O–H groups in total. The molecule has 1 atom stereocenters. The van der Waals surface area contributed by atoms with Gasteiger partial charge in [-0.25, -0.2) is 23.4 Å². The highest BCUT2D eigenvalue weighted by molar-refractivity contribution is 8.18. The van der Waals surface area contributed by atoms with Gasteiger partial charge in [0.25, 0.3) is 0 Å². The van der Waals surface area contributed by atoms with Gasteiger partial charge < -0.3 is 9.47 Å². The topological polar surface area (TPSA) is 68.2 Å². The Morgan fingerprint density at radius 1 is 1.31 bits per heavy atom. The van der Waals surface area contributed by atoms with Crippen molar-refractivity contribution >= 4 is 41.3 Å². The van der Waals surface area contributed by atoms with E-state index in [0.717, 1.165) is 6.07 Å². The van der Waals surface area contributed by atoms with Gasteiger partial charge in [-0.3, -0.25) is 0 Å². The summed E-state index contributed by atoms with van der Waals surface area (Å²) >= 11 is 0.177. The minimum Gasteiger partial charge on any atom is -0.462 e. The predicted molar refractivity (Wildman–Crippen MR) is 106 cm³/mol. The van der Waals surface area contributed by atoms with E-state index in [9.17, 15) is 22.3 Å². The van der Waals surface area contributed by atoms with Crippen LogP contribution in [0.1, 0.15) is 39.3 Å². The standard InChI is InChI=1S/C18H19F3N2O4S2/c1-5-26-15(24)13-9-12(10-7-6-8-11(19)14(10)20)22-16(28-13)23(29-21)17(25)27-18(2,3)4/h6-9,12H,5H2,1-4H3. The second-order valence-electron chi connectivity index (χ2n) is 6.70. The quantitative estimate of drug-likeness (QED) is 0.458. The summed E-state index contributed by atoms with van der Waals surface area (Å²) in [7, 11) is 0. The van der Waals surface area contributed by atoms with Crippen LogP contribution in [0, 0.1) is 11.6 Å². The van der Waals surface area contributed by atoms with Gasteiger partial charge in [-0.1, -0.05) is 12.1 Å². The first-order valence-corrected chi connectivity index (χ1v) is 9.96. The van der Waals surface area contributed by atoms with Crippen molar-refractivity contribution in [3.8, 4) is 0 Å². The van der Waals surface area contributed by atoms with Crippen LogP contribution in [0.3, 0.4) is 0 Å². The lowest BCUT2D eigenvalue weighted by Gasteiger charge is -2.27. The van der Waals surface area contributed by atoms with Crippen molar-refractivity contribution in [1.82, 2.24) is 4.31 Å². The number of amidine groups is 1. The van der Waals surface area contributed by atoms with Gasteiger partial charge in [-0.05, 0) is 51.6 Å². The SMILES string of the molecule is CCOC(=O)C1=CC(c2cccc(F)c2F)N=C(N(SF)C(=O)OC(C)(C)C)S1. The predicted octanol–water partition coefficient (Wildman–Crippen LogP) is 5.33. The number of carbonyl (C=O) groups excluding carboxylic acids is 2. The third kappa shape index (κ3) is 5.92. The van der Waals surface area contributed by atoms with Crippen LogP contribution in [0.4, 0.5) is 17.5 Å². The highest BCUT2D eigenvalue weighted by Gasteiger charge is 2.34. The molecule has 0 spiro atoms. The summed E-state index contributed by atoms with van der Waals surface area (Å²) in [5.74, 6) is -3.03. The van der Waals surface area contributed by atoms with Gasteiger partial charge in [-0.15, -0.1) is 3.89 Å². The minimum atomic E-state index is -1.18. The Kier molecular flexibility index (Phi) is 7.64. The van der Waals surface area contributed by atoms with E-state index in [0.29, 0.717) is 16.1 Å². The molecular formula is C18H19F3N2O4S2. The molecule has 6 nitrogen and oxygen atoms in total. The number of rotatable bonds is 4. The van der Waals surface area contributed by atoms with E-state index in [2.05, 4.69) is 4.99 Å². The lowest BCUT2D eigenvalue weighted by Crippen LogP contribution is -2.36. The molecule has 158 valence electrons. The number of benzene rings is 1. The third-order valence-corrected chi connectivity index (χ3v) is 4.91. The van der Waals surface area contributed by atoms with Gasteiger partial charge in [0.2, 0.25) is 0 Å². The molecule has 1 aliphatic heterocycles. The fourth-order valence-corrected chi connectivity index (χ4v) is 3.47. The van der Waals surface area contributed by atoms with Crippen LogP contribution >= 0.6 is 24.1 Å². The Morgan fingerprint density at radius 2 is 2.00 bits per heavy atom. The van der Waals surface area contributed by atoms with E-state index in [1.165, 1.54) is 18.2 Å². The van der Waals surface area contributed by atoms with Crippen molar-refractivity contribution in [1.29, 1.82) is 0 Å². The highest BCUT2D eigenvalue weighted by Crippen LogP contribution is 2.37. The summed E-state index contributed by atoms with van der Waals surface area (Å²) in [5.41, 5.74) is -1.10. The molecule has 1 aromatic carbocycles. The summed E-state index contributed by atoms with van der Waals surface area (Å²) in [6, 6.07) is 2.30. The zero-order valence-corrected chi connectivity index (χ0v) is 17.7. The Labute approximate surface area is 174 Å². The molecule has 1 aliphatic rings. The number of ether oxygens (including phenoxy) is 2. The molecule has 2 rings (SSSR count). The number of aliphatic imine (C=N–C) groups is 1. The van der Waals surface area contributed by atoms with Crippen molar-refractivity contribution in [3.63, 3.8) is 0 Å². The summed E-state index contributed by atoms with van der Waals surface area (Å²) in [4.78, 5) is 28.6. The Morgan fingerprint density at radius 3 is 2.59 bits per heavy atom. The van der Waals surface area contributed by atoms with Crippen molar-refractivity contribution in [3.05, 3.63) is 46.4 Å². The number of nitrogens with zero attached hydrogens (tertiary/aromatic N) is 2. The van der Waals surface area contributed by atoms with Gasteiger partial charge in [0.1, 0.15) is 11.6 Å². The smallest absolute Gasteiger partial charge is 0.428 e. The lowest BCUT2D eigenvalue weighted by molar-refractivity contribution is -0.137. The normalized spacial score (nSPS) is 16.6. The van der Waals surface area contributed by atoms with E-state index < -0.39 is 47.7 Å². The molecule has 0 saturated heterocycles. The van der Waals surface area contributed by atoms with Crippen molar-refractivity contribution in [2.24, 2.45) is 4.99 Å². The molecule has 1 amide bonds. The van der Waals surface area contributed by atoms with Gasteiger partial charge in [-0.2, -0.15) is 4.31 Å². The molecule has 0 bridgehead atoms. The average molecular weight is 448 g/mol. The molecular weight excluding hydrogens is 429 g/mol. The fourth-order valence-electron chi connectivity index (χ4n) is 2.21.